The Labute approximate surface area is 172 Å². The standard InChI is InChI=1S/C22H19N3O3S/c1-13-3-5-14(6-4-13)20-24-16(12-29-20)9-10-23-19(26)15-7-8-17-18(11-15)22(28)25(2)21(17)27/h3-8,11-12H,9-10H2,1-2H3,(H,23,26). The smallest absolute Gasteiger partial charge is 0.261 e. The van der Waals surface area contributed by atoms with E-state index in [9.17, 15) is 14.4 Å². The Morgan fingerprint density at radius 3 is 2.55 bits per heavy atom. The van der Waals surface area contributed by atoms with Crippen molar-refractivity contribution in [3.63, 3.8) is 0 Å². The van der Waals surface area contributed by atoms with Crippen molar-refractivity contribution >= 4 is 29.1 Å². The fourth-order valence-corrected chi connectivity index (χ4v) is 4.02. The normalized spacial score (nSPS) is 13.0. The van der Waals surface area contributed by atoms with Gasteiger partial charge in [0.05, 0.1) is 16.8 Å². The number of fused-ring (bicyclic) bond motifs is 1. The second-order valence-corrected chi connectivity index (χ2v) is 7.80. The highest BCUT2D eigenvalue weighted by atomic mass is 32.1. The van der Waals surface area contributed by atoms with Crippen LogP contribution in [0.15, 0.2) is 47.8 Å². The van der Waals surface area contributed by atoms with E-state index in [2.05, 4.69) is 34.6 Å². The van der Waals surface area contributed by atoms with Crippen LogP contribution in [0.4, 0.5) is 0 Å². The first-order chi connectivity index (χ1) is 13.9. The molecule has 0 spiro atoms. The van der Waals surface area contributed by atoms with Gasteiger partial charge in [-0.25, -0.2) is 4.98 Å². The van der Waals surface area contributed by atoms with Gasteiger partial charge in [0.25, 0.3) is 17.7 Å². The summed E-state index contributed by atoms with van der Waals surface area (Å²) in [6.45, 7) is 2.48. The van der Waals surface area contributed by atoms with E-state index in [4.69, 9.17) is 0 Å². The van der Waals surface area contributed by atoms with Gasteiger partial charge in [0, 0.05) is 36.5 Å². The fourth-order valence-electron chi connectivity index (χ4n) is 3.16. The molecule has 1 aliphatic rings. The molecule has 2 heterocycles. The van der Waals surface area contributed by atoms with Crippen molar-refractivity contribution in [2.75, 3.05) is 13.6 Å². The molecule has 0 aliphatic carbocycles. The van der Waals surface area contributed by atoms with Gasteiger partial charge in [-0.2, -0.15) is 0 Å². The third kappa shape index (κ3) is 3.69. The SMILES string of the molecule is Cc1ccc(-c2nc(CCNC(=O)c3ccc4c(c3)C(=O)N(C)C4=O)cs2)cc1. The predicted molar refractivity (Wildman–Crippen MR) is 111 cm³/mol. The highest BCUT2D eigenvalue weighted by Crippen LogP contribution is 2.24. The lowest BCUT2D eigenvalue weighted by Gasteiger charge is -2.05. The quantitative estimate of drug-likeness (QED) is 0.661. The summed E-state index contributed by atoms with van der Waals surface area (Å²) in [6.07, 6.45) is 0.610. The Kier molecular flexibility index (Phi) is 4.98. The molecule has 1 aromatic heterocycles. The Morgan fingerprint density at radius 1 is 1.07 bits per heavy atom. The molecule has 0 radical (unpaired) electrons. The molecule has 1 aliphatic heterocycles. The van der Waals surface area contributed by atoms with E-state index < -0.39 is 0 Å². The first-order valence-electron chi connectivity index (χ1n) is 9.20. The number of carbonyl (C=O) groups is 3. The summed E-state index contributed by atoms with van der Waals surface area (Å²) in [5, 5.41) is 5.80. The molecule has 0 saturated heterocycles. The van der Waals surface area contributed by atoms with E-state index in [-0.39, 0.29) is 23.3 Å². The van der Waals surface area contributed by atoms with Gasteiger partial charge in [0.2, 0.25) is 0 Å². The number of aromatic nitrogens is 1. The molecular formula is C22H19N3O3S. The molecule has 3 aromatic rings. The number of benzene rings is 2. The van der Waals surface area contributed by atoms with Crippen LogP contribution in [0.2, 0.25) is 0 Å². The first-order valence-corrected chi connectivity index (χ1v) is 10.1. The third-order valence-corrected chi connectivity index (χ3v) is 5.81. The average molecular weight is 405 g/mol. The summed E-state index contributed by atoms with van der Waals surface area (Å²) in [4.78, 5) is 42.1. The maximum absolute atomic E-state index is 12.4. The average Bonchev–Trinajstić information content (AvgIpc) is 3.28. The number of nitrogens with zero attached hydrogens (tertiary/aromatic N) is 2. The Hall–Kier alpha value is -3.32. The highest BCUT2D eigenvalue weighted by molar-refractivity contribution is 7.13. The lowest BCUT2D eigenvalue weighted by atomic mass is 10.1. The van der Waals surface area contributed by atoms with Gasteiger partial charge < -0.3 is 5.32 Å². The molecule has 0 unspecified atom stereocenters. The number of hydrogen-bond donors (Lipinski definition) is 1. The number of thiazole rings is 1. The zero-order valence-electron chi connectivity index (χ0n) is 16.1. The van der Waals surface area contributed by atoms with Crippen LogP contribution in [0, 0.1) is 6.92 Å². The molecule has 4 rings (SSSR count). The van der Waals surface area contributed by atoms with Crippen LogP contribution < -0.4 is 5.32 Å². The molecule has 29 heavy (non-hydrogen) atoms. The molecular weight excluding hydrogens is 386 g/mol. The summed E-state index contributed by atoms with van der Waals surface area (Å²) >= 11 is 1.58. The van der Waals surface area contributed by atoms with Crippen molar-refractivity contribution in [1.82, 2.24) is 15.2 Å². The molecule has 146 valence electrons. The van der Waals surface area contributed by atoms with Crippen LogP contribution in [0.5, 0.6) is 0 Å². The van der Waals surface area contributed by atoms with Gasteiger partial charge in [0.15, 0.2) is 0 Å². The van der Waals surface area contributed by atoms with Gasteiger partial charge in [-0.1, -0.05) is 29.8 Å². The third-order valence-electron chi connectivity index (χ3n) is 4.87. The van der Waals surface area contributed by atoms with E-state index in [1.165, 1.54) is 24.7 Å². The van der Waals surface area contributed by atoms with E-state index >= 15 is 0 Å². The summed E-state index contributed by atoms with van der Waals surface area (Å²) in [6, 6.07) is 12.8. The van der Waals surface area contributed by atoms with Gasteiger partial charge >= 0.3 is 0 Å². The number of rotatable bonds is 5. The molecule has 3 amide bonds. The van der Waals surface area contributed by atoms with Crippen LogP contribution >= 0.6 is 11.3 Å². The van der Waals surface area contributed by atoms with Crippen molar-refractivity contribution in [2.24, 2.45) is 0 Å². The minimum Gasteiger partial charge on any atom is -0.352 e. The maximum atomic E-state index is 12.4. The molecule has 2 aromatic carbocycles. The number of hydrogen-bond acceptors (Lipinski definition) is 5. The van der Waals surface area contributed by atoms with Crippen LogP contribution in [0.1, 0.15) is 42.3 Å². The number of imide groups is 1. The molecule has 6 nitrogen and oxygen atoms in total. The maximum Gasteiger partial charge on any atom is 0.261 e. The molecule has 0 atom stereocenters. The monoisotopic (exact) mass is 405 g/mol. The number of carbonyl (C=O) groups excluding carboxylic acids is 3. The van der Waals surface area contributed by atoms with E-state index in [1.54, 1.807) is 17.4 Å². The molecule has 7 heteroatoms. The largest absolute Gasteiger partial charge is 0.352 e. The predicted octanol–water partition coefficient (Wildman–Crippen LogP) is 3.32. The summed E-state index contributed by atoms with van der Waals surface area (Å²) in [5.74, 6) is -1.01. The topological polar surface area (TPSA) is 79.4 Å². The number of amides is 3. The van der Waals surface area contributed by atoms with E-state index in [0.717, 1.165) is 21.2 Å². The minimum absolute atomic E-state index is 0.271. The van der Waals surface area contributed by atoms with Gasteiger partial charge in [-0.3, -0.25) is 19.3 Å². The van der Waals surface area contributed by atoms with Gasteiger partial charge in [0.1, 0.15) is 5.01 Å². The lowest BCUT2D eigenvalue weighted by molar-refractivity contribution is 0.0693. The van der Waals surface area contributed by atoms with Crippen molar-refractivity contribution in [3.8, 4) is 10.6 Å². The van der Waals surface area contributed by atoms with E-state index in [0.29, 0.717) is 24.1 Å². The number of nitrogens with one attached hydrogen (secondary N) is 1. The summed E-state index contributed by atoms with van der Waals surface area (Å²) in [5.41, 5.74) is 4.17. The van der Waals surface area contributed by atoms with Crippen molar-refractivity contribution in [1.29, 1.82) is 0 Å². The van der Waals surface area contributed by atoms with Crippen molar-refractivity contribution in [2.45, 2.75) is 13.3 Å². The summed E-state index contributed by atoms with van der Waals surface area (Å²) < 4.78 is 0. The highest BCUT2D eigenvalue weighted by Gasteiger charge is 2.33. The number of aryl methyl sites for hydroxylation is 1. The zero-order valence-corrected chi connectivity index (χ0v) is 16.9. The Bertz CT molecular complexity index is 1120. The molecule has 1 N–H and O–H groups in total. The lowest BCUT2D eigenvalue weighted by Crippen LogP contribution is -2.26. The van der Waals surface area contributed by atoms with Crippen LogP contribution in [-0.4, -0.2) is 41.2 Å². The molecule has 0 saturated carbocycles. The van der Waals surface area contributed by atoms with Gasteiger partial charge in [-0.15, -0.1) is 11.3 Å². The fraction of sp³-hybridized carbons (Fsp3) is 0.182. The van der Waals surface area contributed by atoms with Crippen LogP contribution in [0.25, 0.3) is 10.6 Å². The zero-order chi connectivity index (χ0) is 20.5. The summed E-state index contributed by atoms with van der Waals surface area (Å²) in [7, 11) is 1.43. The van der Waals surface area contributed by atoms with Gasteiger partial charge in [-0.05, 0) is 25.1 Å². The van der Waals surface area contributed by atoms with Crippen LogP contribution in [0.3, 0.4) is 0 Å². The molecule has 0 fully saturated rings. The van der Waals surface area contributed by atoms with Crippen LogP contribution in [-0.2, 0) is 6.42 Å². The van der Waals surface area contributed by atoms with Crippen molar-refractivity contribution in [3.05, 3.63) is 75.8 Å². The Balaban J connectivity index is 1.37. The second kappa shape index (κ2) is 7.60. The molecule has 0 bridgehead atoms. The Morgan fingerprint density at radius 2 is 1.79 bits per heavy atom. The van der Waals surface area contributed by atoms with E-state index in [1.807, 2.05) is 12.3 Å². The first kappa shape index (κ1) is 19.0. The second-order valence-electron chi connectivity index (χ2n) is 6.95. The minimum atomic E-state index is -0.384. The van der Waals surface area contributed by atoms with Crippen molar-refractivity contribution < 1.29 is 14.4 Å².